The van der Waals surface area contributed by atoms with Gasteiger partial charge in [-0.05, 0) is 49.9 Å². The van der Waals surface area contributed by atoms with Crippen LogP contribution in [0, 0.1) is 6.92 Å². The second-order valence-electron chi connectivity index (χ2n) is 5.44. The smallest absolute Gasteiger partial charge is 0.0570 e. The summed E-state index contributed by atoms with van der Waals surface area (Å²) in [4.78, 5) is 4.43. The number of hydrogen-bond donors (Lipinski definition) is 1. The molecule has 0 bridgehead atoms. The molecule has 2 nitrogen and oxygen atoms in total. The molecule has 0 amide bonds. The maximum Gasteiger partial charge on any atom is 0.0570 e. The van der Waals surface area contributed by atoms with E-state index in [1.165, 1.54) is 29.5 Å². The highest BCUT2D eigenvalue weighted by atomic mass is 15.0. The third kappa shape index (κ3) is 2.54. The van der Waals surface area contributed by atoms with Gasteiger partial charge in [-0.25, -0.2) is 0 Å². The highest BCUT2D eigenvalue weighted by molar-refractivity contribution is 5.37. The molecule has 98 valence electrons. The van der Waals surface area contributed by atoms with E-state index in [0.29, 0.717) is 6.04 Å². The molecule has 0 fully saturated rings. The zero-order valence-electron chi connectivity index (χ0n) is 11.6. The minimum Gasteiger partial charge on any atom is -0.302 e. The van der Waals surface area contributed by atoms with Crippen LogP contribution in [0.1, 0.15) is 47.8 Å². The van der Waals surface area contributed by atoms with Crippen LogP contribution in [-0.2, 0) is 6.42 Å². The summed E-state index contributed by atoms with van der Waals surface area (Å²) < 4.78 is 0. The molecule has 0 radical (unpaired) electrons. The van der Waals surface area contributed by atoms with Gasteiger partial charge in [0.05, 0.1) is 5.69 Å². The summed E-state index contributed by atoms with van der Waals surface area (Å²) in [6.07, 6.45) is 4.23. The third-order valence-corrected chi connectivity index (χ3v) is 3.96. The number of fused-ring (bicyclic) bond motifs is 1. The Balaban J connectivity index is 1.78. The van der Waals surface area contributed by atoms with Crippen molar-refractivity contribution in [3.63, 3.8) is 0 Å². The Labute approximate surface area is 114 Å². The SMILES string of the molecule is Cc1ccc2c(c1)C(NC(C)c1ccccn1)CC2. The quantitative estimate of drug-likeness (QED) is 0.900. The zero-order valence-corrected chi connectivity index (χ0v) is 11.6. The van der Waals surface area contributed by atoms with Crippen molar-refractivity contribution in [1.82, 2.24) is 10.3 Å². The number of hydrogen-bond acceptors (Lipinski definition) is 2. The minimum atomic E-state index is 0.290. The van der Waals surface area contributed by atoms with Crippen molar-refractivity contribution in [3.05, 3.63) is 65.0 Å². The Morgan fingerprint density at radius 2 is 2.16 bits per heavy atom. The molecule has 0 saturated carbocycles. The van der Waals surface area contributed by atoms with E-state index in [1.807, 2.05) is 18.3 Å². The number of rotatable bonds is 3. The van der Waals surface area contributed by atoms with E-state index < -0.39 is 0 Å². The first-order valence-electron chi connectivity index (χ1n) is 7.00. The highest BCUT2D eigenvalue weighted by Crippen LogP contribution is 2.33. The summed E-state index contributed by atoms with van der Waals surface area (Å²) in [5, 5.41) is 3.72. The zero-order chi connectivity index (χ0) is 13.2. The van der Waals surface area contributed by atoms with E-state index in [4.69, 9.17) is 0 Å². The second kappa shape index (κ2) is 5.14. The van der Waals surface area contributed by atoms with Gasteiger partial charge in [0.25, 0.3) is 0 Å². The summed E-state index contributed by atoms with van der Waals surface area (Å²) in [5.74, 6) is 0. The normalized spacial score (nSPS) is 19.2. The summed E-state index contributed by atoms with van der Waals surface area (Å²) >= 11 is 0. The molecule has 3 rings (SSSR count). The maximum atomic E-state index is 4.43. The minimum absolute atomic E-state index is 0.290. The van der Waals surface area contributed by atoms with Crippen LogP contribution in [0.15, 0.2) is 42.6 Å². The van der Waals surface area contributed by atoms with Crippen LogP contribution in [0.4, 0.5) is 0 Å². The Kier molecular flexibility index (Phi) is 3.34. The molecule has 2 aromatic rings. The molecule has 2 atom stereocenters. The van der Waals surface area contributed by atoms with Crippen molar-refractivity contribution in [3.8, 4) is 0 Å². The fourth-order valence-corrected chi connectivity index (χ4v) is 2.91. The first kappa shape index (κ1) is 12.4. The van der Waals surface area contributed by atoms with Crippen LogP contribution < -0.4 is 5.32 Å². The van der Waals surface area contributed by atoms with Crippen molar-refractivity contribution in [2.45, 2.75) is 38.8 Å². The lowest BCUT2D eigenvalue weighted by molar-refractivity contribution is 0.458. The first-order valence-corrected chi connectivity index (χ1v) is 7.00. The summed E-state index contributed by atoms with van der Waals surface area (Å²) in [7, 11) is 0. The molecule has 0 saturated heterocycles. The lowest BCUT2D eigenvalue weighted by Gasteiger charge is -2.20. The molecule has 0 spiro atoms. The van der Waals surface area contributed by atoms with Gasteiger partial charge in [0.1, 0.15) is 0 Å². The van der Waals surface area contributed by atoms with E-state index in [0.717, 1.165) is 5.69 Å². The van der Waals surface area contributed by atoms with Crippen LogP contribution in [-0.4, -0.2) is 4.98 Å². The molecule has 19 heavy (non-hydrogen) atoms. The largest absolute Gasteiger partial charge is 0.302 e. The van der Waals surface area contributed by atoms with Crippen LogP contribution >= 0.6 is 0 Å². The lowest BCUT2D eigenvalue weighted by Crippen LogP contribution is -2.23. The number of nitrogens with one attached hydrogen (secondary N) is 1. The van der Waals surface area contributed by atoms with Crippen LogP contribution in [0.3, 0.4) is 0 Å². The number of aromatic nitrogens is 1. The highest BCUT2D eigenvalue weighted by Gasteiger charge is 2.24. The number of benzene rings is 1. The monoisotopic (exact) mass is 252 g/mol. The van der Waals surface area contributed by atoms with Crippen molar-refractivity contribution >= 4 is 0 Å². The van der Waals surface area contributed by atoms with Crippen molar-refractivity contribution in [2.24, 2.45) is 0 Å². The third-order valence-electron chi connectivity index (χ3n) is 3.96. The average molecular weight is 252 g/mol. The first-order chi connectivity index (χ1) is 9.24. The van der Waals surface area contributed by atoms with Crippen molar-refractivity contribution in [2.75, 3.05) is 0 Å². The molecular weight excluding hydrogens is 232 g/mol. The van der Waals surface area contributed by atoms with Gasteiger partial charge in [-0.2, -0.15) is 0 Å². The molecule has 1 aromatic carbocycles. The van der Waals surface area contributed by atoms with E-state index in [1.54, 1.807) is 0 Å². The van der Waals surface area contributed by atoms with Gasteiger partial charge in [-0.1, -0.05) is 29.8 Å². The molecule has 1 N–H and O–H groups in total. The average Bonchev–Trinajstić information content (AvgIpc) is 2.82. The fourth-order valence-electron chi connectivity index (χ4n) is 2.91. The van der Waals surface area contributed by atoms with E-state index in [-0.39, 0.29) is 6.04 Å². The number of aryl methyl sites for hydroxylation is 2. The predicted octanol–water partition coefficient (Wildman–Crippen LogP) is 3.73. The lowest BCUT2D eigenvalue weighted by atomic mass is 10.0. The molecule has 2 unspecified atom stereocenters. The molecule has 1 aliphatic rings. The van der Waals surface area contributed by atoms with Crippen LogP contribution in [0.25, 0.3) is 0 Å². The molecule has 2 heteroatoms. The molecular formula is C17H20N2. The van der Waals surface area contributed by atoms with Gasteiger partial charge in [0.15, 0.2) is 0 Å². The topological polar surface area (TPSA) is 24.9 Å². The van der Waals surface area contributed by atoms with Crippen molar-refractivity contribution in [1.29, 1.82) is 0 Å². The number of nitrogens with zero attached hydrogens (tertiary/aromatic N) is 1. The standard InChI is InChI=1S/C17H20N2/c1-12-6-7-14-8-9-17(15(14)11-12)19-13(2)16-5-3-4-10-18-16/h3-7,10-11,13,17,19H,8-9H2,1-2H3. The van der Waals surface area contributed by atoms with Crippen molar-refractivity contribution < 1.29 is 0 Å². The Bertz CT molecular complexity index is 563. The number of pyridine rings is 1. The van der Waals surface area contributed by atoms with E-state index in [9.17, 15) is 0 Å². The maximum absolute atomic E-state index is 4.43. The summed E-state index contributed by atoms with van der Waals surface area (Å²) in [5.41, 5.74) is 5.43. The molecule has 1 heterocycles. The van der Waals surface area contributed by atoms with Gasteiger partial charge in [-0.15, -0.1) is 0 Å². The molecule has 0 aliphatic heterocycles. The van der Waals surface area contributed by atoms with E-state index >= 15 is 0 Å². The Morgan fingerprint density at radius 3 is 2.95 bits per heavy atom. The predicted molar refractivity (Wildman–Crippen MR) is 78.0 cm³/mol. The molecule has 1 aliphatic carbocycles. The van der Waals surface area contributed by atoms with Gasteiger partial charge in [0.2, 0.25) is 0 Å². The summed E-state index contributed by atoms with van der Waals surface area (Å²) in [6, 6.07) is 13.7. The van der Waals surface area contributed by atoms with Crippen LogP contribution in [0.5, 0.6) is 0 Å². The van der Waals surface area contributed by atoms with Gasteiger partial charge < -0.3 is 5.32 Å². The second-order valence-corrected chi connectivity index (χ2v) is 5.44. The fraction of sp³-hybridized carbons (Fsp3) is 0.353. The van der Waals surface area contributed by atoms with Gasteiger partial charge in [0, 0.05) is 18.3 Å². The van der Waals surface area contributed by atoms with Gasteiger partial charge >= 0.3 is 0 Å². The van der Waals surface area contributed by atoms with Crippen LogP contribution in [0.2, 0.25) is 0 Å². The van der Waals surface area contributed by atoms with E-state index in [2.05, 4.69) is 48.4 Å². The Hall–Kier alpha value is -1.67. The van der Waals surface area contributed by atoms with Gasteiger partial charge in [-0.3, -0.25) is 4.98 Å². The molecule has 1 aromatic heterocycles. The summed E-state index contributed by atoms with van der Waals surface area (Å²) in [6.45, 7) is 4.36. The Morgan fingerprint density at radius 1 is 1.26 bits per heavy atom.